The van der Waals surface area contributed by atoms with Crippen LogP contribution in [0.15, 0.2) is 24.3 Å². The monoisotopic (exact) mass is 344 g/mol. The van der Waals surface area contributed by atoms with Gasteiger partial charge in [0.25, 0.3) is 5.91 Å². The highest BCUT2D eigenvalue weighted by Crippen LogP contribution is 2.29. The highest BCUT2D eigenvalue weighted by atomic mass is 19.4. The summed E-state index contributed by atoms with van der Waals surface area (Å²) in [6.45, 7) is 0. The fourth-order valence-corrected chi connectivity index (χ4v) is 1.86. The lowest BCUT2D eigenvalue weighted by Crippen LogP contribution is -2.43. The van der Waals surface area contributed by atoms with Gasteiger partial charge in [0.1, 0.15) is 6.04 Å². The molecule has 0 fully saturated rings. The molecule has 0 saturated carbocycles. The van der Waals surface area contributed by atoms with E-state index in [0.717, 1.165) is 31.4 Å². The van der Waals surface area contributed by atoms with E-state index in [1.54, 1.807) is 6.07 Å². The first-order valence-corrected chi connectivity index (χ1v) is 6.81. The van der Waals surface area contributed by atoms with Gasteiger partial charge in [-0.1, -0.05) is 12.1 Å². The highest BCUT2D eigenvalue weighted by Gasteiger charge is 2.31. The molecule has 1 amide bonds. The van der Waals surface area contributed by atoms with Gasteiger partial charge in [0, 0.05) is 6.42 Å². The molecular weight excluding hydrogens is 329 g/mol. The van der Waals surface area contributed by atoms with Crippen molar-refractivity contribution < 1.29 is 32.6 Å². The lowest BCUT2D eigenvalue weighted by Gasteiger charge is -2.18. The van der Waals surface area contributed by atoms with Crippen molar-refractivity contribution in [1.29, 1.82) is 5.26 Å². The molecule has 0 radical (unpaired) electrons. The summed E-state index contributed by atoms with van der Waals surface area (Å²) in [5.74, 6) is -1.78. The molecule has 1 rings (SSSR count). The summed E-state index contributed by atoms with van der Waals surface area (Å²) in [6.07, 6.45) is -6.34. The van der Waals surface area contributed by atoms with Crippen LogP contribution in [0.3, 0.4) is 0 Å². The molecule has 6 nitrogen and oxygen atoms in total. The van der Waals surface area contributed by atoms with Crippen LogP contribution in [0.1, 0.15) is 30.1 Å². The number of hydrogen-bond acceptors (Lipinski definition) is 5. The Morgan fingerprint density at radius 2 is 1.92 bits per heavy atom. The van der Waals surface area contributed by atoms with Gasteiger partial charge in [0.2, 0.25) is 0 Å². The van der Waals surface area contributed by atoms with Gasteiger partial charge in [-0.2, -0.15) is 18.4 Å². The van der Waals surface area contributed by atoms with E-state index in [1.165, 1.54) is 0 Å². The fraction of sp³-hybridized carbons (Fsp3) is 0.400. The summed E-state index contributed by atoms with van der Waals surface area (Å²) in [6, 6.07) is 4.08. The second kappa shape index (κ2) is 8.31. The number of esters is 1. The number of methoxy groups -OCH3 is 1. The first-order chi connectivity index (χ1) is 11.2. The Morgan fingerprint density at radius 3 is 2.38 bits per heavy atom. The summed E-state index contributed by atoms with van der Waals surface area (Å²) < 4.78 is 41.9. The van der Waals surface area contributed by atoms with Gasteiger partial charge in [0.05, 0.1) is 18.7 Å². The third kappa shape index (κ3) is 5.24. The summed E-state index contributed by atoms with van der Waals surface area (Å²) in [5.41, 5.74) is -0.982. The molecule has 0 bridgehead atoms. The molecule has 0 aromatic heterocycles. The summed E-state index contributed by atoms with van der Waals surface area (Å²) in [4.78, 5) is 23.5. The minimum atomic E-state index is -4.53. The topological polar surface area (TPSA) is 99.4 Å². The summed E-state index contributed by atoms with van der Waals surface area (Å²) in [7, 11) is 1.10. The number of ether oxygens (including phenoxy) is 1. The van der Waals surface area contributed by atoms with E-state index in [9.17, 15) is 27.9 Å². The third-order valence-electron chi connectivity index (χ3n) is 3.15. The Labute approximate surface area is 135 Å². The lowest BCUT2D eigenvalue weighted by molar-refractivity contribution is -0.146. The Bertz CT molecular complexity index is 623. The zero-order valence-electron chi connectivity index (χ0n) is 12.6. The van der Waals surface area contributed by atoms with Crippen LogP contribution in [-0.4, -0.2) is 30.1 Å². The van der Waals surface area contributed by atoms with Crippen LogP contribution in [0.4, 0.5) is 13.2 Å². The average Bonchev–Trinajstić information content (AvgIpc) is 2.56. The smallest absolute Gasteiger partial charge is 0.416 e. The van der Waals surface area contributed by atoms with Gasteiger partial charge >= 0.3 is 12.1 Å². The molecule has 0 aliphatic carbocycles. The van der Waals surface area contributed by atoms with Gasteiger partial charge in [-0.05, 0) is 24.1 Å². The predicted octanol–water partition coefficient (Wildman–Crippen LogP) is 1.70. The SMILES string of the molecule is COC(=O)[C@@H](CCC#N)NC(=O)[C@@H](O)c1ccc(C(F)(F)F)cc1. The minimum Gasteiger partial charge on any atom is -0.467 e. The molecule has 0 saturated heterocycles. The van der Waals surface area contributed by atoms with Crippen LogP contribution >= 0.6 is 0 Å². The Kier molecular flexibility index (Phi) is 6.73. The number of rotatable bonds is 6. The number of carbonyl (C=O) groups excluding carboxylic acids is 2. The molecule has 0 aliphatic heterocycles. The molecule has 0 aliphatic rings. The molecule has 24 heavy (non-hydrogen) atoms. The van der Waals surface area contributed by atoms with Crippen LogP contribution in [0, 0.1) is 11.3 Å². The molecule has 1 aromatic rings. The largest absolute Gasteiger partial charge is 0.467 e. The van der Waals surface area contributed by atoms with Crippen LogP contribution in [-0.2, 0) is 20.5 Å². The number of hydrogen-bond donors (Lipinski definition) is 2. The van der Waals surface area contributed by atoms with E-state index in [0.29, 0.717) is 0 Å². The van der Waals surface area contributed by atoms with E-state index in [4.69, 9.17) is 5.26 Å². The van der Waals surface area contributed by atoms with Crippen molar-refractivity contribution in [3.8, 4) is 6.07 Å². The van der Waals surface area contributed by atoms with E-state index in [-0.39, 0.29) is 18.4 Å². The number of alkyl halides is 3. The van der Waals surface area contributed by atoms with Gasteiger partial charge in [-0.15, -0.1) is 0 Å². The maximum absolute atomic E-state index is 12.5. The van der Waals surface area contributed by atoms with Crippen molar-refractivity contribution in [3.05, 3.63) is 35.4 Å². The van der Waals surface area contributed by atoms with Gasteiger partial charge in [0.15, 0.2) is 6.10 Å². The molecule has 2 atom stereocenters. The molecule has 130 valence electrons. The molecule has 0 spiro atoms. The number of aliphatic hydroxyl groups excluding tert-OH is 1. The van der Waals surface area contributed by atoms with Gasteiger partial charge in [-0.25, -0.2) is 4.79 Å². The average molecular weight is 344 g/mol. The van der Waals surface area contributed by atoms with E-state index >= 15 is 0 Å². The number of nitrogens with one attached hydrogen (secondary N) is 1. The second-order valence-electron chi connectivity index (χ2n) is 4.80. The lowest BCUT2D eigenvalue weighted by atomic mass is 10.1. The number of benzene rings is 1. The van der Waals surface area contributed by atoms with Crippen molar-refractivity contribution in [2.45, 2.75) is 31.2 Å². The number of halogens is 3. The zero-order chi connectivity index (χ0) is 18.3. The minimum absolute atomic E-state index is 0.0192. The van der Waals surface area contributed by atoms with Gasteiger partial charge < -0.3 is 15.2 Å². The Morgan fingerprint density at radius 1 is 1.33 bits per heavy atom. The predicted molar refractivity (Wildman–Crippen MR) is 75.2 cm³/mol. The number of nitrogens with zero attached hydrogens (tertiary/aromatic N) is 1. The molecule has 0 heterocycles. The maximum Gasteiger partial charge on any atom is 0.416 e. The fourth-order valence-electron chi connectivity index (χ4n) is 1.86. The highest BCUT2D eigenvalue weighted by molar-refractivity contribution is 5.87. The molecular formula is C15H15F3N2O4. The van der Waals surface area contributed by atoms with Crippen LogP contribution < -0.4 is 5.32 Å². The number of carbonyl (C=O) groups is 2. The van der Waals surface area contributed by atoms with Crippen molar-refractivity contribution in [2.75, 3.05) is 7.11 Å². The third-order valence-corrected chi connectivity index (χ3v) is 3.15. The first-order valence-electron chi connectivity index (χ1n) is 6.81. The van der Waals surface area contributed by atoms with Crippen LogP contribution in [0.25, 0.3) is 0 Å². The summed E-state index contributed by atoms with van der Waals surface area (Å²) >= 11 is 0. The van der Waals surface area contributed by atoms with E-state index < -0.39 is 35.8 Å². The molecule has 9 heteroatoms. The van der Waals surface area contributed by atoms with Crippen LogP contribution in [0.2, 0.25) is 0 Å². The van der Waals surface area contributed by atoms with E-state index in [1.807, 2.05) is 0 Å². The van der Waals surface area contributed by atoms with Crippen molar-refractivity contribution in [3.63, 3.8) is 0 Å². The summed E-state index contributed by atoms with van der Waals surface area (Å²) in [5, 5.41) is 20.6. The number of aliphatic hydroxyl groups is 1. The number of amides is 1. The van der Waals surface area contributed by atoms with Crippen molar-refractivity contribution >= 4 is 11.9 Å². The first kappa shape index (κ1) is 19.4. The zero-order valence-corrected chi connectivity index (χ0v) is 12.6. The van der Waals surface area contributed by atoms with Crippen LogP contribution in [0.5, 0.6) is 0 Å². The second-order valence-corrected chi connectivity index (χ2v) is 4.80. The van der Waals surface area contributed by atoms with E-state index in [2.05, 4.69) is 10.1 Å². The number of nitriles is 1. The maximum atomic E-state index is 12.5. The quantitative estimate of drug-likeness (QED) is 0.765. The van der Waals surface area contributed by atoms with Crippen molar-refractivity contribution in [1.82, 2.24) is 5.32 Å². The molecule has 2 N–H and O–H groups in total. The standard InChI is InChI=1S/C15H15F3N2O4/c1-24-14(23)11(3-2-8-19)20-13(22)12(21)9-4-6-10(7-5-9)15(16,17)18/h4-7,11-12,21H,2-3H2,1H3,(H,20,22)/t11-,12+/m1/s1. The Balaban J connectivity index is 2.82. The normalized spacial score (nSPS) is 13.5. The van der Waals surface area contributed by atoms with Gasteiger partial charge in [-0.3, -0.25) is 4.79 Å². The Hall–Kier alpha value is -2.60. The molecule has 1 aromatic carbocycles. The molecule has 0 unspecified atom stereocenters. The van der Waals surface area contributed by atoms with Crippen molar-refractivity contribution in [2.24, 2.45) is 0 Å².